The summed E-state index contributed by atoms with van der Waals surface area (Å²) in [5.74, 6) is -1.12. The van der Waals surface area contributed by atoms with Gasteiger partial charge in [-0.05, 0) is 52.5 Å². The van der Waals surface area contributed by atoms with Crippen LogP contribution in [0.1, 0.15) is 82.0 Å². The first-order valence-corrected chi connectivity index (χ1v) is 11.7. The van der Waals surface area contributed by atoms with E-state index in [0.717, 1.165) is 31.7 Å². The standard InChI is InChI=1S/C23H28F3N5O4/c1-22(2,3)35-21(33)27-15-12-14(23(24,25)26)18-28-17(15)20-30-29-19(34-20)16(32)10-6-4-5-8-13-9-7-11-31(13)18/h12-13H,4-11H2,1-3H3,(H,27,33)/t13-/m1/s1. The predicted octanol–water partition coefficient (Wildman–Crippen LogP) is 5.61. The van der Waals surface area contributed by atoms with Crippen molar-refractivity contribution in [1.29, 1.82) is 0 Å². The molecule has 2 aromatic rings. The summed E-state index contributed by atoms with van der Waals surface area (Å²) >= 11 is 0. The predicted molar refractivity (Wildman–Crippen MR) is 120 cm³/mol. The van der Waals surface area contributed by atoms with Crippen LogP contribution < -0.4 is 10.2 Å². The first kappa shape index (κ1) is 24.9. The van der Waals surface area contributed by atoms with Crippen LogP contribution in [0.2, 0.25) is 0 Å². The number of Topliss-reactive ketones (excluding diaryl/α,β-unsaturated/α-hetero) is 1. The molecule has 2 aliphatic heterocycles. The average molecular weight is 496 g/mol. The number of rotatable bonds is 1. The van der Waals surface area contributed by atoms with Gasteiger partial charge < -0.3 is 14.1 Å². The summed E-state index contributed by atoms with van der Waals surface area (Å²) < 4.78 is 53.4. The molecule has 1 atom stereocenters. The molecule has 4 bridgehead atoms. The summed E-state index contributed by atoms with van der Waals surface area (Å²) in [4.78, 5) is 30.9. The monoisotopic (exact) mass is 495 g/mol. The molecule has 2 aromatic heterocycles. The number of pyridine rings is 1. The number of alkyl halides is 3. The minimum Gasteiger partial charge on any atom is -0.444 e. The number of nitrogens with zero attached hydrogens (tertiary/aromatic N) is 4. The molecule has 2 aliphatic rings. The van der Waals surface area contributed by atoms with Crippen LogP contribution in [0.25, 0.3) is 11.6 Å². The van der Waals surface area contributed by atoms with Crippen LogP contribution in [0, 0.1) is 0 Å². The Kier molecular flexibility index (Phi) is 6.74. The lowest BCUT2D eigenvalue weighted by Crippen LogP contribution is -2.33. The van der Waals surface area contributed by atoms with E-state index >= 15 is 0 Å². The second-order valence-corrected chi connectivity index (χ2v) is 9.80. The molecule has 4 heterocycles. The van der Waals surface area contributed by atoms with Gasteiger partial charge in [-0.25, -0.2) is 9.78 Å². The highest BCUT2D eigenvalue weighted by Gasteiger charge is 2.40. The van der Waals surface area contributed by atoms with Gasteiger partial charge in [-0.1, -0.05) is 12.8 Å². The second kappa shape index (κ2) is 9.46. The van der Waals surface area contributed by atoms with Crippen molar-refractivity contribution in [3.05, 3.63) is 17.5 Å². The van der Waals surface area contributed by atoms with Gasteiger partial charge in [0.1, 0.15) is 17.0 Å². The Balaban J connectivity index is 1.88. The number of aromatic nitrogens is 3. The number of carbonyl (C=O) groups excluding carboxylic acids is 2. The van der Waals surface area contributed by atoms with E-state index in [0.29, 0.717) is 19.4 Å². The highest BCUT2D eigenvalue weighted by atomic mass is 19.4. The summed E-state index contributed by atoms with van der Waals surface area (Å²) in [7, 11) is 0. The summed E-state index contributed by atoms with van der Waals surface area (Å²) in [6, 6.07) is 0.701. The van der Waals surface area contributed by atoms with Crippen LogP contribution in [-0.4, -0.2) is 45.2 Å². The van der Waals surface area contributed by atoms with E-state index in [1.807, 2.05) is 0 Å². The molecule has 9 nitrogen and oxygen atoms in total. The first-order chi connectivity index (χ1) is 16.4. The van der Waals surface area contributed by atoms with E-state index in [9.17, 15) is 22.8 Å². The second-order valence-electron chi connectivity index (χ2n) is 9.80. The van der Waals surface area contributed by atoms with Gasteiger partial charge in [0.2, 0.25) is 5.78 Å². The molecular weight excluding hydrogens is 467 g/mol. The third kappa shape index (κ3) is 5.73. The summed E-state index contributed by atoms with van der Waals surface area (Å²) in [5.41, 5.74) is -2.33. The molecule has 35 heavy (non-hydrogen) atoms. The van der Waals surface area contributed by atoms with Crippen molar-refractivity contribution >= 4 is 23.4 Å². The zero-order valence-electron chi connectivity index (χ0n) is 19.9. The Morgan fingerprint density at radius 1 is 1.11 bits per heavy atom. The first-order valence-electron chi connectivity index (χ1n) is 11.7. The van der Waals surface area contributed by atoms with Gasteiger partial charge in [-0.2, -0.15) is 13.2 Å². The number of hydrogen-bond donors (Lipinski definition) is 1. The highest BCUT2D eigenvalue weighted by Crippen LogP contribution is 2.43. The number of anilines is 2. The van der Waals surface area contributed by atoms with Crippen LogP contribution in [-0.2, 0) is 10.9 Å². The van der Waals surface area contributed by atoms with Crippen molar-refractivity contribution in [2.75, 3.05) is 16.8 Å². The molecule has 0 aliphatic carbocycles. The van der Waals surface area contributed by atoms with E-state index in [-0.39, 0.29) is 47.2 Å². The van der Waals surface area contributed by atoms with Crippen molar-refractivity contribution in [1.82, 2.24) is 15.2 Å². The van der Waals surface area contributed by atoms with Crippen molar-refractivity contribution in [2.24, 2.45) is 0 Å². The van der Waals surface area contributed by atoms with E-state index in [1.165, 1.54) is 0 Å². The number of carbonyl (C=O) groups is 2. The maximum absolute atomic E-state index is 14.2. The molecule has 0 spiro atoms. The molecule has 0 unspecified atom stereocenters. The van der Waals surface area contributed by atoms with Crippen LogP contribution in [0.15, 0.2) is 10.5 Å². The van der Waals surface area contributed by atoms with Crippen LogP contribution in [0.5, 0.6) is 0 Å². The van der Waals surface area contributed by atoms with Crippen molar-refractivity contribution < 1.29 is 31.9 Å². The summed E-state index contributed by atoms with van der Waals surface area (Å²) in [6.07, 6.45) is -1.15. The fourth-order valence-electron chi connectivity index (χ4n) is 4.40. The topological polar surface area (TPSA) is 110 Å². The lowest BCUT2D eigenvalue weighted by atomic mass is 10.0. The number of hydrogen-bond acceptors (Lipinski definition) is 8. The van der Waals surface area contributed by atoms with Gasteiger partial charge in [-0.15, -0.1) is 10.2 Å². The highest BCUT2D eigenvalue weighted by molar-refractivity contribution is 5.93. The number of amides is 1. The lowest BCUT2D eigenvalue weighted by molar-refractivity contribution is -0.137. The van der Waals surface area contributed by atoms with Gasteiger partial charge in [-0.3, -0.25) is 10.1 Å². The molecule has 1 fully saturated rings. The molecule has 12 heteroatoms. The van der Waals surface area contributed by atoms with Gasteiger partial charge >= 0.3 is 12.3 Å². The number of ketones is 1. The molecular formula is C23H28F3N5O4. The number of ether oxygens (including phenoxy) is 1. The van der Waals surface area contributed by atoms with E-state index in [1.54, 1.807) is 25.7 Å². The Bertz CT molecular complexity index is 1110. The average Bonchev–Trinajstić information content (AvgIpc) is 3.40. The Labute approximate surface area is 200 Å². The number of nitrogens with one attached hydrogen (secondary N) is 1. The molecule has 1 saturated heterocycles. The maximum atomic E-state index is 14.2. The third-order valence-corrected chi connectivity index (χ3v) is 5.90. The van der Waals surface area contributed by atoms with Gasteiger partial charge in [0.25, 0.3) is 11.8 Å². The Morgan fingerprint density at radius 3 is 2.54 bits per heavy atom. The number of fused-ring (bicyclic) bond motifs is 7. The van der Waals surface area contributed by atoms with Crippen LogP contribution in [0.4, 0.5) is 29.5 Å². The smallest absolute Gasteiger partial charge is 0.420 e. The molecule has 4 rings (SSSR count). The molecule has 0 aromatic carbocycles. The zero-order chi connectivity index (χ0) is 25.4. The molecule has 1 amide bonds. The van der Waals surface area contributed by atoms with Gasteiger partial charge in [0.15, 0.2) is 5.69 Å². The largest absolute Gasteiger partial charge is 0.444 e. The van der Waals surface area contributed by atoms with Gasteiger partial charge in [0, 0.05) is 19.0 Å². The molecule has 1 N–H and O–H groups in total. The van der Waals surface area contributed by atoms with E-state index < -0.39 is 23.4 Å². The number of halogens is 3. The Morgan fingerprint density at radius 2 is 1.83 bits per heavy atom. The maximum Gasteiger partial charge on any atom is 0.420 e. The van der Waals surface area contributed by atoms with Crippen molar-refractivity contribution in [3.63, 3.8) is 0 Å². The lowest BCUT2D eigenvalue weighted by Gasteiger charge is -2.29. The molecule has 0 radical (unpaired) electrons. The fraction of sp³-hybridized carbons (Fsp3) is 0.609. The fourth-order valence-corrected chi connectivity index (χ4v) is 4.40. The van der Waals surface area contributed by atoms with E-state index in [4.69, 9.17) is 9.15 Å². The SMILES string of the molecule is CC(C)(C)OC(=O)Nc1cc(C(F)(F)F)c2nc1-c1nnc(o1)C(=O)CCCCC[C@@H]1CCCN21. The molecule has 190 valence electrons. The minimum absolute atomic E-state index is 0.113. The summed E-state index contributed by atoms with van der Waals surface area (Å²) in [6.45, 7) is 5.31. The molecule has 0 saturated carbocycles. The normalized spacial score (nSPS) is 19.2. The third-order valence-electron chi connectivity index (χ3n) is 5.90. The van der Waals surface area contributed by atoms with Crippen molar-refractivity contribution in [3.8, 4) is 11.6 Å². The van der Waals surface area contributed by atoms with Crippen molar-refractivity contribution in [2.45, 2.75) is 83.5 Å². The Hall–Kier alpha value is -3.18. The van der Waals surface area contributed by atoms with E-state index in [2.05, 4.69) is 20.5 Å². The minimum atomic E-state index is -4.74. The zero-order valence-corrected chi connectivity index (χ0v) is 19.9. The summed E-state index contributed by atoms with van der Waals surface area (Å²) in [5, 5.41) is 9.98. The van der Waals surface area contributed by atoms with Crippen LogP contribution in [0.3, 0.4) is 0 Å². The van der Waals surface area contributed by atoms with Gasteiger partial charge in [0.05, 0.1) is 5.69 Å². The van der Waals surface area contributed by atoms with Crippen LogP contribution >= 0.6 is 0 Å². The quantitative estimate of drug-likeness (QED) is 0.543.